The van der Waals surface area contributed by atoms with Crippen molar-refractivity contribution in [3.05, 3.63) is 22.8 Å². The normalized spacial score (nSPS) is 11.9. The lowest BCUT2D eigenvalue weighted by Gasteiger charge is -2.07. The van der Waals surface area contributed by atoms with E-state index >= 15 is 0 Å². The van der Waals surface area contributed by atoms with E-state index in [0.717, 1.165) is 0 Å². The molecule has 1 unspecified atom stereocenters. The van der Waals surface area contributed by atoms with Crippen LogP contribution >= 0.6 is 11.6 Å². The van der Waals surface area contributed by atoms with Crippen molar-refractivity contribution < 1.29 is 9.00 Å². The van der Waals surface area contributed by atoms with Crippen LogP contribution in [0.15, 0.2) is 12.1 Å². The van der Waals surface area contributed by atoms with Crippen LogP contribution in [0.1, 0.15) is 17.4 Å². The second-order valence-corrected chi connectivity index (χ2v) is 5.74. The van der Waals surface area contributed by atoms with E-state index in [-0.39, 0.29) is 11.6 Å². The van der Waals surface area contributed by atoms with Gasteiger partial charge < -0.3 is 10.6 Å². The molecule has 1 aromatic rings. The summed E-state index contributed by atoms with van der Waals surface area (Å²) < 4.78 is 11.2. The highest BCUT2D eigenvalue weighted by molar-refractivity contribution is 7.84. The lowest BCUT2D eigenvalue weighted by molar-refractivity contribution is 0.0951. The van der Waals surface area contributed by atoms with Crippen LogP contribution in [0.3, 0.4) is 0 Å². The van der Waals surface area contributed by atoms with Gasteiger partial charge >= 0.3 is 0 Å². The first kappa shape index (κ1) is 14.9. The van der Waals surface area contributed by atoms with E-state index < -0.39 is 10.8 Å². The number of carbonyl (C=O) groups excluding carboxylic acids is 1. The van der Waals surface area contributed by atoms with Gasteiger partial charge in [0, 0.05) is 35.9 Å². The van der Waals surface area contributed by atoms with Crippen molar-refractivity contribution in [2.24, 2.45) is 0 Å². The van der Waals surface area contributed by atoms with E-state index in [1.54, 1.807) is 19.2 Å². The van der Waals surface area contributed by atoms with Gasteiger partial charge in [0.2, 0.25) is 0 Å². The molecule has 1 heterocycles. The molecule has 0 aliphatic rings. The lowest BCUT2D eigenvalue weighted by atomic mass is 10.3. The zero-order valence-electron chi connectivity index (χ0n) is 10.3. The quantitative estimate of drug-likeness (QED) is 0.827. The molecule has 0 radical (unpaired) electrons. The first-order valence-corrected chi connectivity index (χ1v) is 7.42. The first-order valence-electron chi connectivity index (χ1n) is 5.56. The Morgan fingerprint density at radius 3 is 2.83 bits per heavy atom. The number of aromatic nitrogens is 1. The third-order valence-corrected chi connectivity index (χ3v) is 3.86. The summed E-state index contributed by atoms with van der Waals surface area (Å²) in [5, 5.41) is 5.78. The number of carbonyl (C=O) groups is 1. The van der Waals surface area contributed by atoms with Gasteiger partial charge in [-0.05, 0) is 12.1 Å². The summed E-state index contributed by atoms with van der Waals surface area (Å²) in [5.41, 5.74) is 0.172. The Morgan fingerprint density at radius 1 is 1.50 bits per heavy atom. The Morgan fingerprint density at radius 2 is 2.22 bits per heavy atom. The van der Waals surface area contributed by atoms with Gasteiger partial charge in [-0.2, -0.15) is 0 Å². The van der Waals surface area contributed by atoms with E-state index in [2.05, 4.69) is 15.6 Å². The van der Waals surface area contributed by atoms with E-state index in [4.69, 9.17) is 11.6 Å². The number of anilines is 1. The van der Waals surface area contributed by atoms with Crippen LogP contribution in [-0.4, -0.2) is 40.2 Å². The fourth-order valence-corrected chi connectivity index (χ4v) is 2.06. The summed E-state index contributed by atoms with van der Waals surface area (Å²) in [6.45, 7) is 2.19. The van der Waals surface area contributed by atoms with Crippen molar-refractivity contribution in [1.29, 1.82) is 0 Å². The summed E-state index contributed by atoms with van der Waals surface area (Å²) in [6.07, 6.45) is 0. The highest BCUT2D eigenvalue weighted by Gasteiger charge is 2.12. The van der Waals surface area contributed by atoms with Crippen LogP contribution in [0, 0.1) is 0 Å². The molecule has 5 nitrogen and oxygen atoms in total. The predicted molar refractivity (Wildman–Crippen MR) is 74.7 cm³/mol. The number of pyridine rings is 1. The van der Waals surface area contributed by atoms with Crippen molar-refractivity contribution in [2.75, 3.05) is 30.4 Å². The van der Waals surface area contributed by atoms with Gasteiger partial charge in [0.05, 0.1) is 5.02 Å². The third kappa shape index (κ3) is 4.27. The molecule has 0 aromatic carbocycles. The topological polar surface area (TPSA) is 71.1 Å². The van der Waals surface area contributed by atoms with E-state index in [1.165, 1.54) is 0 Å². The number of hydrogen-bond acceptors (Lipinski definition) is 4. The SMILES string of the molecule is CCS(=O)CCNC(=O)c1nc(NC)ccc1Cl. The summed E-state index contributed by atoms with van der Waals surface area (Å²) in [6, 6.07) is 3.30. The van der Waals surface area contributed by atoms with Gasteiger partial charge in [-0.3, -0.25) is 9.00 Å². The minimum absolute atomic E-state index is 0.172. The maximum absolute atomic E-state index is 11.8. The summed E-state index contributed by atoms with van der Waals surface area (Å²) in [4.78, 5) is 15.9. The van der Waals surface area contributed by atoms with Crippen LogP contribution < -0.4 is 10.6 Å². The number of rotatable bonds is 6. The van der Waals surface area contributed by atoms with Gasteiger partial charge in [0.25, 0.3) is 5.91 Å². The number of halogens is 1. The highest BCUT2D eigenvalue weighted by atomic mass is 35.5. The van der Waals surface area contributed by atoms with Crippen LogP contribution in [0.5, 0.6) is 0 Å². The molecule has 2 N–H and O–H groups in total. The van der Waals surface area contributed by atoms with Gasteiger partial charge in [0.1, 0.15) is 11.5 Å². The zero-order chi connectivity index (χ0) is 13.5. The molecule has 1 aromatic heterocycles. The molecule has 0 fully saturated rings. The van der Waals surface area contributed by atoms with Crippen molar-refractivity contribution in [2.45, 2.75) is 6.92 Å². The smallest absolute Gasteiger partial charge is 0.271 e. The van der Waals surface area contributed by atoms with Gasteiger partial charge in [0.15, 0.2) is 0 Å². The van der Waals surface area contributed by atoms with Crippen LogP contribution in [0.4, 0.5) is 5.82 Å². The van der Waals surface area contributed by atoms with Crippen molar-refractivity contribution >= 4 is 34.1 Å². The monoisotopic (exact) mass is 289 g/mol. The van der Waals surface area contributed by atoms with Crippen LogP contribution in [0.25, 0.3) is 0 Å². The van der Waals surface area contributed by atoms with Crippen molar-refractivity contribution in [3.8, 4) is 0 Å². The molecule has 0 aliphatic heterocycles. The standard InChI is InChI=1S/C11H16ClN3O2S/c1-3-18(17)7-6-14-11(16)10-8(12)4-5-9(13-2)15-10/h4-5H,3,6-7H2,1-2H3,(H,13,15)(H,14,16). The fourth-order valence-electron chi connectivity index (χ4n) is 1.25. The lowest BCUT2D eigenvalue weighted by Crippen LogP contribution is -2.29. The number of amides is 1. The van der Waals surface area contributed by atoms with E-state index in [0.29, 0.717) is 28.9 Å². The van der Waals surface area contributed by atoms with Crippen molar-refractivity contribution in [1.82, 2.24) is 10.3 Å². The molecule has 1 atom stereocenters. The van der Waals surface area contributed by atoms with E-state index in [9.17, 15) is 9.00 Å². The van der Waals surface area contributed by atoms with E-state index in [1.807, 2.05) is 6.92 Å². The minimum atomic E-state index is -0.892. The summed E-state index contributed by atoms with van der Waals surface area (Å²) in [7, 11) is 0.819. The second-order valence-electron chi connectivity index (χ2n) is 3.47. The summed E-state index contributed by atoms with van der Waals surface area (Å²) >= 11 is 5.91. The van der Waals surface area contributed by atoms with Gasteiger partial charge in [-0.15, -0.1) is 0 Å². The number of nitrogens with one attached hydrogen (secondary N) is 2. The average molecular weight is 290 g/mol. The Kier molecular flexibility index (Phi) is 6.07. The molecule has 0 spiro atoms. The zero-order valence-corrected chi connectivity index (χ0v) is 11.9. The average Bonchev–Trinajstić information content (AvgIpc) is 2.38. The Bertz CT molecular complexity index is 454. The molecule has 0 saturated heterocycles. The first-order chi connectivity index (χ1) is 8.58. The van der Waals surface area contributed by atoms with Crippen molar-refractivity contribution in [3.63, 3.8) is 0 Å². The number of nitrogens with zero attached hydrogens (tertiary/aromatic N) is 1. The van der Waals surface area contributed by atoms with Crippen LogP contribution in [-0.2, 0) is 10.8 Å². The Hall–Kier alpha value is -1.14. The Labute approximate surface area is 114 Å². The minimum Gasteiger partial charge on any atom is -0.373 e. The third-order valence-electron chi connectivity index (χ3n) is 2.25. The molecule has 1 rings (SSSR count). The maximum atomic E-state index is 11.8. The molecular weight excluding hydrogens is 274 g/mol. The van der Waals surface area contributed by atoms with Crippen LogP contribution in [0.2, 0.25) is 5.02 Å². The molecule has 0 saturated carbocycles. The highest BCUT2D eigenvalue weighted by Crippen LogP contribution is 2.16. The van der Waals surface area contributed by atoms with Gasteiger partial charge in [-0.1, -0.05) is 18.5 Å². The molecule has 0 aliphatic carbocycles. The molecule has 0 bridgehead atoms. The fraction of sp³-hybridized carbons (Fsp3) is 0.455. The largest absolute Gasteiger partial charge is 0.373 e. The number of hydrogen-bond donors (Lipinski definition) is 2. The molecular formula is C11H16ClN3O2S. The Balaban J connectivity index is 2.63. The second kappa shape index (κ2) is 7.33. The molecule has 18 heavy (non-hydrogen) atoms. The maximum Gasteiger partial charge on any atom is 0.271 e. The molecule has 1 amide bonds. The molecule has 7 heteroatoms. The van der Waals surface area contributed by atoms with Gasteiger partial charge in [-0.25, -0.2) is 4.98 Å². The predicted octanol–water partition coefficient (Wildman–Crippen LogP) is 1.28. The summed E-state index contributed by atoms with van der Waals surface area (Å²) in [5.74, 6) is 1.24. The molecule has 100 valence electrons.